The number of esters is 1. The minimum Gasteiger partial charge on any atom is -0.461 e. The van der Waals surface area contributed by atoms with Crippen LogP contribution in [0.5, 0.6) is 0 Å². The summed E-state index contributed by atoms with van der Waals surface area (Å²) in [6.45, 7) is 8.24. The number of nitrogens with one attached hydrogen (secondary N) is 1. The van der Waals surface area contributed by atoms with Gasteiger partial charge in [0.25, 0.3) is 0 Å². The third-order valence-corrected chi connectivity index (χ3v) is 10.7. The van der Waals surface area contributed by atoms with Gasteiger partial charge < -0.3 is 24.7 Å². The Morgan fingerprint density at radius 2 is 1.73 bits per heavy atom. The maximum atomic E-state index is 13.8. The molecule has 0 unspecified atom stereocenters. The Bertz CT molecular complexity index is 2050. The summed E-state index contributed by atoms with van der Waals surface area (Å²) in [7, 11) is -2.02. The fourth-order valence-electron chi connectivity index (χ4n) is 6.71. The van der Waals surface area contributed by atoms with Gasteiger partial charge in [-0.25, -0.2) is 18.2 Å². The lowest BCUT2D eigenvalue weighted by molar-refractivity contribution is 0.0347. The first-order valence-electron chi connectivity index (χ1n) is 16.8. The molecule has 258 valence electrons. The number of likely N-dealkylation sites (tertiary alicyclic amines) is 1. The number of carbonyl (C=O) groups is 1. The van der Waals surface area contributed by atoms with E-state index in [-0.39, 0.29) is 18.8 Å². The van der Waals surface area contributed by atoms with E-state index in [0.717, 1.165) is 70.9 Å². The normalized spacial score (nSPS) is 14.4. The molecule has 3 aromatic carbocycles. The Morgan fingerprint density at radius 3 is 2.47 bits per heavy atom. The maximum absolute atomic E-state index is 13.8. The van der Waals surface area contributed by atoms with Crippen LogP contribution in [0.4, 0.5) is 5.69 Å². The number of piperidine rings is 1. The first-order valence-corrected chi connectivity index (χ1v) is 18.4. The van der Waals surface area contributed by atoms with Gasteiger partial charge in [0.1, 0.15) is 11.3 Å². The topological polar surface area (TPSA) is 129 Å². The Labute approximate surface area is 288 Å². The summed E-state index contributed by atoms with van der Waals surface area (Å²) in [4.78, 5) is 20.9. The van der Waals surface area contributed by atoms with E-state index in [1.54, 1.807) is 7.11 Å². The van der Waals surface area contributed by atoms with Crippen molar-refractivity contribution in [3.8, 4) is 0 Å². The average molecular weight is 684 g/mol. The number of pyridine rings is 1. The SMILES string of the molecule is COCCN1CCC(COC(=O)c2cc3ccc(CN)nc3n2Cc2cc(NS(=O)(=O)Cc3c(C)cccc3C)cc3ccccc23)CC1. The fourth-order valence-corrected chi connectivity index (χ4v) is 8.09. The van der Waals surface area contributed by atoms with E-state index >= 15 is 0 Å². The van der Waals surface area contributed by atoms with E-state index in [2.05, 4.69) is 9.62 Å². The molecule has 0 radical (unpaired) electrons. The van der Waals surface area contributed by atoms with Crippen molar-refractivity contribution in [3.63, 3.8) is 0 Å². The van der Waals surface area contributed by atoms with Gasteiger partial charge >= 0.3 is 5.97 Å². The first kappa shape index (κ1) is 34.6. The number of carbonyl (C=O) groups excluding carboxylic acids is 1. The van der Waals surface area contributed by atoms with Gasteiger partial charge in [0, 0.05) is 31.3 Å². The van der Waals surface area contributed by atoms with Crippen molar-refractivity contribution in [2.24, 2.45) is 11.7 Å². The van der Waals surface area contributed by atoms with Crippen LogP contribution in [0.25, 0.3) is 21.8 Å². The van der Waals surface area contributed by atoms with Gasteiger partial charge in [0.2, 0.25) is 10.0 Å². The monoisotopic (exact) mass is 683 g/mol. The van der Waals surface area contributed by atoms with E-state index in [1.807, 2.05) is 91.2 Å². The molecule has 1 fully saturated rings. The van der Waals surface area contributed by atoms with Crippen LogP contribution in [0.2, 0.25) is 0 Å². The molecule has 5 aromatic rings. The fraction of sp³-hybridized carbons (Fsp3) is 0.368. The second-order valence-corrected chi connectivity index (χ2v) is 14.7. The van der Waals surface area contributed by atoms with Crippen molar-refractivity contribution in [1.82, 2.24) is 14.5 Å². The predicted octanol–water partition coefficient (Wildman–Crippen LogP) is 5.77. The zero-order valence-corrected chi connectivity index (χ0v) is 29.3. The molecule has 0 bridgehead atoms. The molecule has 0 amide bonds. The van der Waals surface area contributed by atoms with Gasteiger partial charge in [-0.15, -0.1) is 0 Å². The molecule has 3 N–H and O–H groups in total. The molecular weight excluding hydrogens is 639 g/mol. The summed E-state index contributed by atoms with van der Waals surface area (Å²) < 4.78 is 42.8. The number of hydrogen-bond acceptors (Lipinski definition) is 8. The standard InChI is InChI=1S/C38H45N5O5S/c1-26-7-6-8-27(2)35(26)25-49(45,46)41-33-19-29-9-4-5-10-34(29)31(20-33)23-43-36(21-30-11-12-32(22-39)40-37(30)43)38(44)48-24-28-13-15-42(16-14-28)17-18-47-3/h4-12,19-21,28,41H,13-18,22-25,39H2,1-3H3. The number of aryl methyl sites for hydroxylation is 2. The van der Waals surface area contributed by atoms with Gasteiger partial charge in [0.15, 0.2) is 0 Å². The number of anilines is 1. The minimum absolute atomic E-state index is 0.135. The smallest absolute Gasteiger partial charge is 0.355 e. The highest BCUT2D eigenvalue weighted by Gasteiger charge is 2.24. The maximum Gasteiger partial charge on any atom is 0.355 e. The van der Waals surface area contributed by atoms with E-state index in [1.165, 1.54) is 0 Å². The number of methoxy groups -OCH3 is 1. The summed E-state index contributed by atoms with van der Waals surface area (Å²) in [5.41, 5.74) is 11.6. The van der Waals surface area contributed by atoms with Gasteiger partial charge in [0.05, 0.1) is 31.2 Å². The van der Waals surface area contributed by atoms with Crippen LogP contribution in [-0.4, -0.2) is 68.8 Å². The van der Waals surface area contributed by atoms with Crippen LogP contribution < -0.4 is 10.5 Å². The van der Waals surface area contributed by atoms with Crippen LogP contribution in [0.3, 0.4) is 0 Å². The number of rotatable bonds is 13. The van der Waals surface area contributed by atoms with Crippen molar-refractivity contribution in [1.29, 1.82) is 0 Å². The van der Waals surface area contributed by atoms with Gasteiger partial charge in [-0.1, -0.05) is 42.5 Å². The Hall–Kier alpha value is -4.29. The molecule has 3 heterocycles. The van der Waals surface area contributed by atoms with Crippen LogP contribution in [0.1, 0.15) is 51.3 Å². The molecule has 2 aromatic heterocycles. The first-order chi connectivity index (χ1) is 23.6. The summed E-state index contributed by atoms with van der Waals surface area (Å²) >= 11 is 0. The van der Waals surface area contributed by atoms with Crippen molar-refractivity contribution >= 4 is 43.5 Å². The summed E-state index contributed by atoms with van der Waals surface area (Å²) in [5, 5.41) is 2.61. The molecule has 1 saturated heterocycles. The van der Waals surface area contributed by atoms with Crippen molar-refractivity contribution in [2.75, 3.05) is 44.7 Å². The molecule has 1 aliphatic rings. The number of sulfonamides is 1. The van der Waals surface area contributed by atoms with E-state index in [4.69, 9.17) is 20.2 Å². The van der Waals surface area contributed by atoms with E-state index in [0.29, 0.717) is 41.9 Å². The lowest BCUT2D eigenvalue weighted by Gasteiger charge is -2.31. The molecule has 0 saturated carbocycles. The van der Waals surface area contributed by atoms with Gasteiger partial charge in [-0.05, 0) is 109 Å². The number of fused-ring (bicyclic) bond motifs is 2. The number of nitrogens with two attached hydrogens (primary N) is 1. The lowest BCUT2D eigenvalue weighted by Crippen LogP contribution is -2.37. The van der Waals surface area contributed by atoms with Crippen molar-refractivity contribution in [2.45, 2.75) is 45.5 Å². The quantitative estimate of drug-likeness (QED) is 0.150. The van der Waals surface area contributed by atoms with E-state index < -0.39 is 16.0 Å². The number of benzene rings is 3. The average Bonchev–Trinajstić information content (AvgIpc) is 3.45. The van der Waals surface area contributed by atoms with Crippen LogP contribution in [0, 0.1) is 19.8 Å². The molecule has 1 aliphatic heterocycles. The summed E-state index contributed by atoms with van der Waals surface area (Å²) in [5.74, 6) is -0.257. The highest BCUT2D eigenvalue weighted by atomic mass is 32.2. The second-order valence-electron chi connectivity index (χ2n) is 13.0. The largest absolute Gasteiger partial charge is 0.461 e. The summed E-state index contributed by atoms with van der Waals surface area (Å²) in [6.07, 6.45) is 1.92. The zero-order valence-electron chi connectivity index (χ0n) is 28.4. The molecule has 0 spiro atoms. The Morgan fingerprint density at radius 1 is 0.980 bits per heavy atom. The third-order valence-electron chi connectivity index (χ3n) is 9.52. The zero-order chi connectivity index (χ0) is 34.5. The van der Waals surface area contributed by atoms with Crippen LogP contribution >= 0.6 is 0 Å². The Kier molecular flexibility index (Phi) is 10.6. The molecule has 0 aliphatic carbocycles. The second kappa shape index (κ2) is 15.1. The van der Waals surface area contributed by atoms with Crippen molar-refractivity contribution < 1.29 is 22.7 Å². The van der Waals surface area contributed by atoms with Crippen LogP contribution in [0.15, 0.2) is 72.8 Å². The molecule has 49 heavy (non-hydrogen) atoms. The van der Waals surface area contributed by atoms with Gasteiger partial charge in [-0.2, -0.15) is 0 Å². The predicted molar refractivity (Wildman–Crippen MR) is 194 cm³/mol. The Balaban J connectivity index is 1.29. The minimum atomic E-state index is -3.74. The highest BCUT2D eigenvalue weighted by molar-refractivity contribution is 7.91. The third kappa shape index (κ3) is 8.13. The van der Waals surface area contributed by atoms with Crippen LogP contribution in [-0.2, 0) is 38.3 Å². The molecule has 11 heteroatoms. The van der Waals surface area contributed by atoms with E-state index in [9.17, 15) is 13.2 Å². The number of aromatic nitrogens is 2. The highest BCUT2D eigenvalue weighted by Crippen LogP contribution is 2.29. The molecule has 0 atom stereocenters. The van der Waals surface area contributed by atoms with Crippen molar-refractivity contribution in [3.05, 3.63) is 106 Å². The molecule has 6 rings (SSSR count). The number of nitrogens with zero attached hydrogens (tertiary/aromatic N) is 3. The lowest BCUT2D eigenvalue weighted by atomic mass is 9.98. The molecule has 10 nitrogen and oxygen atoms in total. The number of ether oxygens (including phenoxy) is 2. The summed E-state index contributed by atoms with van der Waals surface area (Å²) in [6, 6.07) is 22.9. The molecular formula is C38H45N5O5S. The number of hydrogen-bond donors (Lipinski definition) is 2. The van der Waals surface area contributed by atoms with Gasteiger partial charge in [-0.3, -0.25) is 4.72 Å².